The van der Waals surface area contributed by atoms with Gasteiger partial charge in [-0.15, -0.1) is 0 Å². The minimum Gasteiger partial charge on any atom is -0.364 e. The lowest BCUT2D eigenvalue weighted by atomic mass is 9.95. The number of carbonyl (C=O) groups excluding carboxylic acids is 4. The SMILES string of the molecule is CC(=O)c1cc(C(C)=O)cc(-c2ccc(C(N)=O)nc2C(N)=O)c1. The fourth-order valence-electron chi connectivity index (χ4n) is 2.21. The van der Waals surface area contributed by atoms with Crippen LogP contribution >= 0.6 is 0 Å². The molecule has 1 heterocycles. The van der Waals surface area contributed by atoms with Crippen molar-refractivity contribution in [2.75, 3.05) is 0 Å². The number of hydrogen-bond donors (Lipinski definition) is 2. The first-order chi connectivity index (χ1) is 11.2. The van der Waals surface area contributed by atoms with Crippen molar-refractivity contribution in [1.82, 2.24) is 4.98 Å². The van der Waals surface area contributed by atoms with Gasteiger partial charge in [0.2, 0.25) is 0 Å². The van der Waals surface area contributed by atoms with Crippen molar-refractivity contribution in [3.63, 3.8) is 0 Å². The summed E-state index contributed by atoms with van der Waals surface area (Å²) in [6, 6.07) is 7.34. The summed E-state index contributed by atoms with van der Waals surface area (Å²) < 4.78 is 0. The van der Waals surface area contributed by atoms with Gasteiger partial charge in [0, 0.05) is 16.7 Å². The Hall–Kier alpha value is -3.35. The Morgan fingerprint density at radius 1 is 0.833 bits per heavy atom. The van der Waals surface area contributed by atoms with Crippen LogP contribution in [-0.4, -0.2) is 28.4 Å². The van der Waals surface area contributed by atoms with Gasteiger partial charge in [-0.25, -0.2) is 4.98 Å². The number of primary amides is 2. The molecule has 0 spiro atoms. The fraction of sp³-hybridized carbons (Fsp3) is 0.118. The molecule has 7 heteroatoms. The second kappa shape index (κ2) is 6.41. The van der Waals surface area contributed by atoms with Crippen molar-refractivity contribution >= 4 is 23.4 Å². The summed E-state index contributed by atoms with van der Waals surface area (Å²) >= 11 is 0. The molecule has 0 fully saturated rings. The van der Waals surface area contributed by atoms with Crippen LogP contribution in [0.3, 0.4) is 0 Å². The number of rotatable bonds is 5. The smallest absolute Gasteiger partial charge is 0.267 e. The molecule has 24 heavy (non-hydrogen) atoms. The van der Waals surface area contributed by atoms with E-state index in [9.17, 15) is 19.2 Å². The average molecular weight is 325 g/mol. The van der Waals surface area contributed by atoms with Gasteiger partial charge >= 0.3 is 0 Å². The van der Waals surface area contributed by atoms with Crippen LogP contribution in [-0.2, 0) is 0 Å². The number of aromatic nitrogens is 1. The van der Waals surface area contributed by atoms with E-state index in [2.05, 4.69) is 4.98 Å². The zero-order chi connectivity index (χ0) is 18.0. The maximum absolute atomic E-state index is 11.7. The number of benzene rings is 1. The van der Waals surface area contributed by atoms with Gasteiger partial charge in [0.25, 0.3) is 11.8 Å². The van der Waals surface area contributed by atoms with Crippen molar-refractivity contribution in [1.29, 1.82) is 0 Å². The Bertz CT molecular complexity index is 855. The van der Waals surface area contributed by atoms with Gasteiger partial charge in [-0.2, -0.15) is 0 Å². The standard InChI is InChI=1S/C17H15N3O4/c1-8(21)10-5-11(9(2)22)7-12(6-10)13-3-4-14(16(18)23)20-15(13)17(19)24/h3-7H,1-2H3,(H2,18,23)(H2,19,24). The van der Waals surface area contributed by atoms with Crippen LogP contribution in [0.1, 0.15) is 55.5 Å². The van der Waals surface area contributed by atoms with Gasteiger partial charge in [0.15, 0.2) is 11.6 Å². The summed E-state index contributed by atoms with van der Waals surface area (Å²) in [5.74, 6) is -2.12. The lowest BCUT2D eigenvalue weighted by Crippen LogP contribution is -2.19. The van der Waals surface area contributed by atoms with Gasteiger partial charge in [-0.05, 0) is 49.7 Å². The molecule has 0 saturated heterocycles. The Balaban J connectivity index is 2.75. The zero-order valence-corrected chi connectivity index (χ0v) is 13.1. The summed E-state index contributed by atoms with van der Waals surface area (Å²) in [6.45, 7) is 2.74. The Kier molecular flexibility index (Phi) is 4.54. The molecule has 2 amide bonds. The highest BCUT2D eigenvalue weighted by Gasteiger charge is 2.17. The first-order valence-electron chi connectivity index (χ1n) is 6.98. The molecule has 1 aromatic heterocycles. The third-order valence-electron chi connectivity index (χ3n) is 3.44. The third-order valence-corrected chi connectivity index (χ3v) is 3.44. The minimum atomic E-state index is -0.856. The lowest BCUT2D eigenvalue weighted by Gasteiger charge is -2.10. The molecule has 0 atom stereocenters. The summed E-state index contributed by atoms with van der Waals surface area (Å²) in [6.07, 6.45) is 0. The van der Waals surface area contributed by atoms with Crippen molar-refractivity contribution in [2.24, 2.45) is 11.5 Å². The van der Waals surface area contributed by atoms with Crippen LogP contribution in [0.15, 0.2) is 30.3 Å². The van der Waals surface area contributed by atoms with E-state index in [1.54, 1.807) is 0 Å². The van der Waals surface area contributed by atoms with Gasteiger partial charge in [-0.3, -0.25) is 19.2 Å². The molecular formula is C17H15N3O4. The van der Waals surface area contributed by atoms with Gasteiger partial charge < -0.3 is 11.5 Å². The molecule has 0 unspecified atom stereocenters. The van der Waals surface area contributed by atoms with Crippen LogP contribution in [0.4, 0.5) is 0 Å². The van der Waals surface area contributed by atoms with Crippen molar-refractivity contribution in [3.8, 4) is 11.1 Å². The number of Topliss-reactive ketones (excluding diaryl/α,β-unsaturated/α-hetero) is 2. The molecule has 1 aromatic carbocycles. The van der Waals surface area contributed by atoms with E-state index in [-0.39, 0.29) is 23.0 Å². The molecule has 0 radical (unpaired) electrons. The number of hydrogen-bond acceptors (Lipinski definition) is 5. The zero-order valence-electron chi connectivity index (χ0n) is 13.1. The molecule has 0 bridgehead atoms. The summed E-state index contributed by atoms with van der Waals surface area (Å²) in [7, 11) is 0. The number of amides is 2. The van der Waals surface area contributed by atoms with E-state index in [0.717, 1.165) is 0 Å². The monoisotopic (exact) mass is 325 g/mol. The van der Waals surface area contributed by atoms with E-state index < -0.39 is 11.8 Å². The number of pyridine rings is 1. The van der Waals surface area contributed by atoms with E-state index in [4.69, 9.17) is 11.5 Å². The van der Waals surface area contributed by atoms with Crippen LogP contribution in [0.2, 0.25) is 0 Å². The van der Waals surface area contributed by atoms with E-state index in [1.807, 2.05) is 0 Å². The number of carbonyl (C=O) groups is 4. The Morgan fingerprint density at radius 3 is 1.79 bits per heavy atom. The van der Waals surface area contributed by atoms with E-state index >= 15 is 0 Å². The van der Waals surface area contributed by atoms with Gasteiger partial charge in [0.1, 0.15) is 11.4 Å². The quantitative estimate of drug-likeness (QED) is 0.800. The minimum absolute atomic E-state index is 0.109. The molecular weight excluding hydrogens is 310 g/mol. The first-order valence-corrected chi connectivity index (χ1v) is 6.98. The topological polar surface area (TPSA) is 133 Å². The maximum atomic E-state index is 11.7. The maximum Gasteiger partial charge on any atom is 0.267 e. The predicted molar refractivity (Wildman–Crippen MR) is 86.7 cm³/mol. The normalized spacial score (nSPS) is 10.2. The lowest BCUT2D eigenvalue weighted by molar-refractivity contribution is 0.0984. The highest BCUT2D eigenvalue weighted by molar-refractivity contribution is 6.04. The molecule has 4 N–H and O–H groups in total. The highest BCUT2D eigenvalue weighted by Crippen LogP contribution is 2.26. The van der Waals surface area contributed by atoms with Crippen LogP contribution in [0.25, 0.3) is 11.1 Å². The molecule has 7 nitrogen and oxygen atoms in total. The van der Waals surface area contributed by atoms with Crippen LogP contribution < -0.4 is 11.5 Å². The predicted octanol–water partition coefficient (Wildman–Crippen LogP) is 1.35. The van der Waals surface area contributed by atoms with Crippen molar-refractivity contribution in [2.45, 2.75) is 13.8 Å². The van der Waals surface area contributed by atoms with Crippen LogP contribution in [0, 0.1) is 0 Å². The van der Waals surface area contributed by atoms with Crippen molar-refractivity contribution < 1.29 is 19.2 Å². The fourth-order valence-corrected chi connectivity index (χ4v) is 2.21. The third kappa shape index (κ3) is 3.35. The summed E-state index contributed by atoms with van der Waals surface area (Å²) in [4.78, 5) is 50.2. The molecule has 0 saturated carbocycles. The first kappa shape index (κ1) is 17.0. The molecule has 0 aliphatic rings. The Labute approximate surface area is 137 Å². The van der Waals surface area contributed by atoms with Gasteiger partial charge in [0.05, 0.1) is 0 Å². The molecule has 0 aliphatic carbocycles. The average Bonchev–Trinajstić information content (AvgIpc) is 2.53. The van der Waals surface area contributed by atoms with Crippen LogP contribution in [0.5, 0.6) is 0 Å². The Morgan fingerprint density at radius 2 is 1.38 bits per heavy atom. The second-order valence-electron chi connectivity index (χ2n) is 5.23. The molecule has 0 aliphatic heterocycles. The number of nitrogens with two attached hydrogens (primary N) is 2. The largest absolute Gasteiger partial charge is 0.364 e. The van der Waals surface area contributed by atoms with E-state index in [1.165, 1.54) is 44.2 Å². The van der Waals surface area contributed by atoms with E-state index in [0.29, 0.717) is 22.3 Å². The summed E-state index contributed by atoms with van der Waals surface area (Å²) in [5.41, 5.74) is 11.6. The van der Waals surface area contributed by atoms with Gasteiger partial charge in [-0.1, -0.05) is 0 Å². The molecule has 2 aromatic rings. The number of nitrogens with zero attached hydrogens (tertiary/aromatic N) is 1. The summed E-state index contributed by atoms with van der Waals surface area (Å²) in [5, 5.41) is 0. The number of ketones is 2. The highest BCUT2D eigenvalue weighted by atomic mass is 16.2. The van der Waals surface area contributed by atoms with Crippen molar-refractivity contribution in [3.05, 3.63) is 52.8 Å². The second-order valence-corrected chi connectivity index (χ2v) is 5.23. The molecule has 2 rings (SSSR count). The molecule has 122 valence electrons.